The van der Waals surface area contributed by atoms with E-state index in [9.17, 15) is 9.18 Å². The van der Waals surface area contributed by atoms with E-state index in [0.717, 1.165) is 12.0 Å². The third-order valence-electron chi connectivity index (χ3n) is 5.83. The van der Waals surface area contributed by atoms with Gasteiger partial charge in [0, 0.05) is 43.6 Å². The summed E-state index contributed by atoms with van der Waals surface area (Å²) in [7, 11) is 1.70. The molecule has 0 radical (unpaired) electrons. The molecule has 0 aliphatic heterocycles. The highest BCUT2D eigenvalue weighted by Crippen LogP contribution is 2.29. The van der Waals surface area contributed by atoms with E-state index in [1.54, 1.807) is 31.6 Å². The molecule has 0 amide bonds. The summed E-state index contributed by atoms with van der Waals surface area (Å²) in [5, 5.41) is 6.98. The van der Waals surface area contributed by atoms with Crippen LogP contribution in [0.5, 0.6) is 0 Å². The van der Waals surface area contributed by atoms with Crippen molar-refractivity contribution in [2.45, 2.75) is 32.4 Å². The standard InChI is InChI=1S/C28H30FN5O.ClH/c1-19(2)32-24(20-7-5-4-6-8-20)15-18-31-28-33-26(22-13-16-30-17-14-22)25(27(35)34(28)3)21-9-11-23(29)12-10-21;/h4-14,16-17,19,24,32H,15,18H2,1-3H3,(H,31,33);1H/t24-;/m1./s1. The number of anilines is 1. The second-order valence-electron chi connectivity index (χ2n) is 8.77. The van der Waals surface area contributed by atoms with Gasteiger partial charge in [-0.3, -0.25) is 14.3 Å². The van der Waals surface area contributed by atoms with Gasteiger partial charge in [0.05, 0.1) is 11.3 Å². The van der Waals surface area contributed by atoms with Crippen LogP contribution >= 0.6 is 12.4 Å². The minimum Gasteiger partial charge on any atom is -0.355 e. The van der Waals surface area contributed by atoms with Crippen LogP contribution in [0.4, 0.5) is 10.3 Å². The van der Waals surface area contributed by atoms with Gasteiger partial charge in [-0.25, -0.2) is 9.37 Å². The largest absolute Gasteiger partial charge is 0.355 e. The fourth-order valence-electron chi connectivity index (χ4n) is 4.12. The monoisotopic (exact) mass is 507 g/mol. The van der Waals surface area contributed by atoms with Gasteiger partial charge in [-0.1, -0.05) is 56.3 Å². The Morgan fingerprint density at radius 1 is 0.944 bits per heavy atom. The summed E-state index contributed by atoms with van der Waals surface area (Å²) in [6.45, 7) is 4.87. The molecule has 0 aliphatic carbocycles. The number of nitrogens with zero attached hydrogens (tertiary/aromatic N) is 3. The number of halogens is 2. The summed E-state index contributed by atoms with van der Waals surface area (Å²) in [6.07, 6.45) is 4.14. The van der Waals surface area contributed by atoms with Gasteiger partial charge in [-0.05, 0) is 41.8 Å². The first-order valence-electron chi connectivity index (χ1n) is 11.8. The lowest BCUT2D eigenvalue weighted by Gasteiger charge is -2.22. The molecule has 4 rings (SSSR count). The molecule has 1 atom stereocenters. The van der Waals surface area contributed by atoms with Crippen LogP contribution < -0.4 is 16.2 Å². The van der Waals surface area contributed by atoms with Crippen molar-refractivity contribution in [1.29, 1.82) is 0 Å². The Morgan fingerprint density at radius 2 is 1.61 bits per heavy atom. The van der Waals surface area contributed by atoms with E-state index in [4.69, 9.17) is 4.98 Å². The van der Waals surface area contributed by atoms with Crippen LogP contribution in [0, 0.1) is 5.82 Å². The van der Waals surface area contributed by atoms with Crippen molar-refractivity contribution < 1.29 is 4.39 Å². The van der Waals surface area contributed by atoms with E-state index < -0.39 is 0 Å². The second kappa shape index (κ2) is 12.4. The van der Waals surface area contributed by atoms with E-state index in [1.807, 2.05) is 30.3 Å². The zero-order valence-corrected chi connectivity index (χ0v) is 21.4. The van der Waals surface area contributed by atoms with Gasteiger partial charge in [0.1, 0.15) is 5.82 Å². The molecule has 8 heteroatoms. The highest BCUT2D eigenvalue weighted by molar-refractivity contribution is 5.85. The summed E-state index contributed by atoms with van der Waals surface area (Å²) in [4.78, 5) is 22.4. The molecule has 0 saturated heterocycles. The van der Waals surface area contributed by atoms with Crippen LogP contribution in [0.2, 0.25) is 0 Å². The Hall–Kier alpha value is -3.55. The van der Waals surface area contributed by atoms with Crippen molar-refractivity contribution in [2.75, 3.05) is 11.9 Å². The third-order valence-corrected chi connectivity index (χ3v) is 5.83. The highest BCUT2D eigenvalue weighted by Gasteiger charge is 2.19. The molecule has 4 aromatic rings. The van der Waals surface area contributed by atoms with Crippen LogP contribution in [0.15, 0.2) is 83.9 Å². The SMILES string of the molecule is CC(C)N[C@H](CCNc1nc(-c2ccncc2)c(-c2ccc(F)cc2)c(=O)n1C)c1ccccc1.Cl. The van der Waals surface area contributed by atoms with Crippen molar-refractivity contribution in [2.24, 2.45) is 7.05 Å². The Labute approximate surface area is 217 Å². The molecule has 0 aliphatic rings. The maximum Gasteiger partial charge on any atom is 0.263 e. The minimum absolute atomic E-state index is 0. The van der Waals surface area contributed by atoms with E-state index >= 15 is 0 Å². The van der Waals surface area contributed by atoms with Gasteiger partial charge in [-0.2, -0.15) is 0 Å². The Bertz CT molecular complexity index is 1310. The van der Waals surface area contributed by atoms with E-state index in [-0.39, 0.29) is 29.8 Å². The molecule has 2 aromatic carbocycles. The van der Waals surface area contributed by atoms with Gasteiger partial charge < -0.3 is 10.6 Å². The number of rotatable bonds is 9. The summed E-state index contributed by atoms with van der Waals surface area (Å²) < 4.78 is 15.1. The van der Waals surface area contributed by atoms with E-state index in [1.165, 1.54) is 22.3 Å². The molecule has 2 aromatic heterocycles. The van der Waals surface area contributed by atoms with Gasteiger partial charge in [0.25, 0.3) is 5.56 Å². The maximum absolute atomic E-state index is 13.6. The quantitative estimate of drug-likeness (QED) is 0.308. The summed E-state index contributed by atoms with van der Waals surface area (Å²) in [5.74, 6) is 0.120. The topological polar surface area (TPSA) is 71.8 Å². The Kier molecular flexibility index (Phi) is 9.33. The first-order chi connectivity index (χ1) is 16.9. The van der Waals surface area contributed by atoms with Gasteiger partial charge >= 0.3 is 0 Å². The highest BCUT2D eigenvalue weighted by atomic mass is 35.5. The lowest BCUT2D eigenvalue weighted by Crippen LogP contribution is -2.30. The Morgan fingerprint density at radius 3 is 2.25 bits per heavy atom. The van der Waals surface area contributed by atoms with Gasteiger partial charge in [-0.15, -0.1) is 12.4 Å². The van der Waals surface area contributed by atoms with Crippen molar-refractivity contribution in [3.63, 3.8) is 0 Å². The van der Waals surface area contributed by atoms with Crippen LogP contribution in [-0.2, 0) is 7.05 Å². The van der Waals surface area contributed by atoms with E-state index in [0.29, 0.717) is 35.4 Å². The van der Waals surface area contributed by atoms with Crippen molar-refractivity contribution in [3.8, 4) is 22.4 Å². The number of pyridine rings is 1. The molecule has 2 N–H and O–H groups in total. The summed E-state index contributed by atoms with van der Waals surface area (Å²) in [6, 6.07) is 20.4. The average molecular weight is 508 g/mol. The normalized spacial score (nSPS) is 11.7. The lowest BCUT2D eigenvalue weighted by atomic mass is 10.0. The minimum atomic E-state index is -0.356. The zero-order chi connectivity index (χ0) is 24.8. The average Bonchev–Trinajstić information content (AvgIpc) is 2.87. The molecule has 0 spiro atoms. The predicted octanol–water partition coefficient (Wildman–Crippen LogP) is 5.61. The number of nitrogens with one attached hydrogen (secondary N) is 2. The Balaban J connectivity index is 0.00000361. The van der Waals surface area contributed by atoms with E-state index in [2.05, 4.69) is 41.6 Å². The number of benzene rings is 2. The zero-order valence-electron chi connectivity index (χ0n) is 20.6. The number of hydrogen-bond acceptors (Lipinski definition) is 5. The number of aromatic nitrogens is 3. The fourth-order valence-corrected chi connectivity index (χ4v) is 4.12. The molecule has 2 heterocycles. The molecule has 0 saturated carbocycles. The molecular weight excluding hydrogens is 477 g/mol. The molecule has 0 unspecified atom stereocenters. The first-order valence-corrected chi connectivity index (χ1v) is 11.8. The third kappa shape index (κ3) is 6.36. The lowest BCUT2D eigenvalue weighted by molar-refractivity contribution is 0.460. The molecule has 6 nitrogen and oxygen atoms in total. The predicted molar refractivity (Wildman–Crippen MR) is 146 cm³/mol. The molecule has 0 fully saturated rings. The smallest absolute Gasteiger partial charge is 0.263 e. The first kappa shape index (κ1) is 27.0. The van der Waals surface area contributed by atoms with Gasteiger partial charge in [0.15, 0.2) is 0 Å². The van der Waals surface area contributed by atoms with Crippen molar-refractivity contribution in [3.05, 3.63) is 101 Å². The molecule has 188 valence electrons. The number of hydrogen-bond donors (Lipinski definition) is 2. The summed E-state index contributed by atoms with van der Waals surface area (Å²) >= 11 is 0. The van der Waals surface area contributed by atoms with Crippen molar-refractivity contribution in [1.82, 2.24) is 19.9 Å². The maximum atomic E-state index is 13.6. The van der Waals surface area contributed by atoms with Crippen LogP contribution in [-0.4, -0.2) is 27.1 Å². The van der Waals surface area contributed by atoms with Crippen LogP contribution in [0.3, 0.4) is 0 Å². The van der Waals surface area contributed by atoms with Crippen LogP contribution in [0.25, 0.3) is 22.4 Å². The van der Waals surface area contributed by atoms with Crippen molar-refractivity contribution >= 4 is 18.4 Å². The van der Waals surface area contributed by atoms with Crippen LogP contribution in [0.1, 0.15) is 31.9 Å². The molecular formula is C28H31ClFN5O. The molecule has 36 heavy (non-hydrogen) atoms. The fraction of sp³-hybridized carbons (Fsp3) is 0.250. The van der Waals surface area contributed by atoms with Gasteiger partial charge in [0.2, 0.25) is 5.95 Å². The summed E-state index contributed by atoms with van der Waals surface area (Å²) in [5.41, 5.74) is 3.35. The second-order valence-corrected chi connectivity index (χ2v) is 8.77. The molecule has 0 bridgehead atoms.